The van der Waals surface area contributed by atoms with Gasteiger partial charge in [0.25, 0.3) is 0 Å². The Morgan fingerprint density at radius 1 is 1.42 bits per heavy atom. The van der Waals surface area contributed by atoms with Crippen molar-refractivity contribution in [1.82, 2.24) is 9.97 Å². The molecule has 0 bridgehead atoms. The molecule has 6 heteroatoms. The number of aliphatic hydroxyl groups is 1. The fourth-order valence-electron chi connectivity index (χ4n) is 2.40. The molecule has 0 amide bonds. The number of hydrogen-bond donors (Lipinski definition) is 3. The van der Waals surface area contributed by atoms with Crippen molar-refractivity contribution in [2.24, 2.45) is 0 Å². The van der Waals surface area contributed by atoms with Crippen molar-refractivity contribution in [2.75, 3.05) is 23.8 Å². The zero-order valence-corrected chi connectivity index (χ0v) is 12.8. The fourth-order valence-corrected chi connectivity index (χ4v) is 2.69. The van der Waals surface area contributed by atoms with Crippen LogP contribution in [-0.4, -0.2) is 33.8 Å². The molecule has 106 valence electrons. The maximum Gasteiger partial charge on any atom is 0.224 e. The van der Waals surface area contributed by atoms with Crippen LogP contribution in [0.25, 0.3) is 0 Å². The maximum absolute atomic E-state index is 9.64. The first-order chi connectivity index (χ1) is 9.19. The molecule has 3 N–H and O–H groups in total. The number of rotatable bonds is 6. The van der Waals surface area contributed by atoms with E-state index >= 15 is 0 Å². The quantitative estimate of drug-likeness (QED) is 0.749. The summed E-state index contributed by atoms with van der Waals surface area (Å²) in [7, 11) is 0. The summed E-state index contributed by atoms with van der Waals surface area (Å²) >= 11 is 3.46. The van der Waals surface area contributed by atoms with E-state index in [1.165, 1.54) is 0 Å². The molecule has 0 radical (unpaired) electrons. The van der Waals surface area contributed by atoms with Crippen molar-refractivity contribution in [3.63, 3.8) is 0 Å². The van der Waals surface area contributed by atoms with Crippen LogP contribution in [0.1, 0.15) is 39.0 Å². The van der Waals surface area contributed by atoms with Gasteiger partial charge in [-0.15, -0.1) is 0 Å². The molecule has 0 atom stereocenters. The Balaban J connectivity index is 2.13. The highest BCUT2D eigenvalue weighted by atomic mass is 79.9. The summed E-state index contributed by atoms with van der Waals surface area (Å²) in [6.45, 7) is 3.09. The van der Waals surface area contributed by atoms with Gasteiger partial charge in [-0.2, -0.15) is 4.98 Å². The van der Waals surface area contributed by atoms with Gasteiger partial charge >= 0.3 is 0 Å². The molecule has 1 aliphatic carbocycles. The van der Waals surface area contributed by atoms with Crippen LogP contribution in [0.4, 0.5) is 11.8 Å². The highest BCUT2D eigenvalue weighted by Crippen LogP contribution is 2.34. The standard InChI is InChI=1S/C13H21BrN4O/c1-2-7-15-12-16-8-10(14)11(17-12)18-13(9-19)5-3-4-6-13/h8,19H,2-7,9H2,1H3,(H2,15,16,17,18). The van der Waals surface area contributed by atoms with Gasteiger partial charge in [-0.05, 0) is 35.2 Å². The van der Waals surface area contributed by atoms with Crippen LogP contribution in [0, 0.1) is 0 Å². The van der Waals surface area contributed by atoms with Gasteiger partial charge in [0, 0.05) is 12.7 Å². The summed E-state index contributed by atoms with van der Waals surface area (Å²) in [5, 5.41) is 16.2. The second-order valence-electron chi connectivity index (χ2n) is 5.09. The van der Waals surface area contributed by atoms with Crippen molar-refractivity contribution in [1.29, 1.82) is 0 Å². The summed E-state index contributed by atoms with van der Waals surface area (Å²) in [5.74, 6) is 1.38. The first-order valence-electron chi connectivity index (χ1n) is 6.84. The van der Waals surface area contributed by atoms with Gasteiger partial charge in [0.05, 0.1) is 16.6 Å². The molecule has 2 rings (SSSR count). The highest BCUT2D eigenvalue weighted by Gasteiger charge is 2.33. The van der Waals surface area contributed by atoms with E-state index in [4.69, 9.17) is 0 Å². The van der Waals surface area contributed by atoms with Crippen LogP contribution in [0.5, 0.6) is 0 Å². The molecular weight excluding hydrogens is 308 g/mol. The largest absolute Gasteiger partial charge is 0.394 e. The average Bonchev–Trinajstić information content (AvgIpc) is 2.89. The Morgan fingerprint density at radius 3 is 2.79 bits per heavy atom. The van der Waals surface area contributed by atoms with Crippen molar-refractivity contribution in [2.45, 2.75) is 44.6 Å². The Bertz CT molecular complexity index is 421. The van der Waals surface area contributed by atoms with Gasteiger partial charge in [-0.3, -0.25) is 0 Å². The number of aliphatic hydroxyl groups excluding tert-OH is 1. The first kappa shape index (κ1) is 14.5. The third-order valence-electron chi connectivity index (χ3n) is 3.52. The van der Waals surface area contributed by atoms with Crippen LogP contribution in [0.15, 0.2) is 10.7 Å². The van der Waals surface area contributed by atoms with Gasteiger partial charge in [0.2, 0.25) is 5.95 Å². The fraction of sp³-hybridized carbons (Fsp3) is 0.692. The van der Waals surface area contributed by atoms with E-state index in [-0.39, 0.29) is 12.1 Å². The molecule has 1 aromatic rings. The highest BCUT2D eigenvalue weighted by molar-refractivity contribution is 9.10. The zero-order valence-electron chi connectivity index (χ0n) is 11.2. The molecular formula is C13H21BrN4O. The molecule has 0 saturated heterocycles. The molecule has 1 aromatic heterocycles. The average molecular weight is 329 g/mol. The Morgan fingerprint density at radius 2 is 2.16 bits per heavy atom. The molecule has 19 heavy (non-hydrogen) atoms. The van der Waals surface area contributed by atoms with Crippen molar-refractivity contribution in [3.05, 3.63) is 10.7 Å². The Hall–Kier alpha value is -0.880. The third kappa shape index (κ3) is 3.57. The molecule has 0 aliphatic heterocycles. The van der Waals surface area contributed by atoms with E-state index in [9.17, 15) is 5.11 Å². The summed E-state index contributed by atoms with van der Waals surface area (Å²) < 4.78 is 0.828. The van der Waals surface area contributed by atoms with Crippen LogP contribution in [-0.2, 0) is 0 Å². The number of anilines is 2. The Labute approximate surface area is 122 Å². The smallest absolute Gasteiger partial charge is 0.224 e. The minimum absolute atomic E-state index is 0.140. The van der Waals surface area contributed by atoms with Crippen LogP contribution < -0.4 is 10.6 Å². The van der Waals surface area contributed by atoms with Crippen molar-refractivity contribution >= 4 is 27.7 Å². The first-order valence-corrected chi connectivity index (χ1v) is 7.64. The lowest BCUT2D eigenvalue weighted by Crippen LogP contribution is -2.39. The van der Waals surface area contributed by atoms with Crippen molar-refractivity contribution < 1.29 is 5.11 Å². The normalized spacial score (nSPS) is 17.4. The van der Waals surface area contributed by atoms with Crippen LogP contribution in [0.2, 0.25) is 0 Å². The summed E-state index contributed by atoms with van der Waals surface area (Å²) in [4.78, 5) is 8.70. The maximum atomic E-state index is 9.64. The topological polar surface area (TPSA) is 70.1 Å². The predicted octanol–water partition coefficient (Wildman–Crippen LogP) is 2.78. The zero-order chi connectivity index (χ0) is 13.7. The van der Waals surface area contributed by atoms with Gasteiger partial charge in [0.15, 0.2) is 0 Å². The van der Waals surface area contributed by atoms with E-state index in [0.29, 0.717) is 5.95 Å². The van der Waals surface area contributed by atoms with Gasteiger partial charge in [-0.1, -0.05) is 19.8 Å². The van der Waals surface area contributed by atoms with Gasteiger partial charge in [0.1, 0.15) is 5.82 Å². The van der Waals surface area contributed by atoms with Crippen LogP contribution in [0.3, 0.4) is 0 Å². The summed E-state index contributed by atoms with van der Waals surface area (Å²) in [6, 6.07) is 0. The third-order valence-corrected chi connectivity index (χ3v) is 4.10. The second-order valence-corrected chi connectivity index (χ2v) is 5.94. The molecule has 0 unspecified atom stereocenters. The lowest BCUT2D eigenvalue weighted by Gasteiger charge is -2.29. The van der Waals surface area contributed by atoms with E-state index in [0.717, 1.165) is 48.9 Å². The van der Waals surface area contributed by atoms with Crippen LogP contribution >= 0.6 is 15.9 Å². The van der Waals surface area contributed by atoms with E-state index in [1.807, 2.05) is 0 Å². The number of nitrogens with zero attached hydrogens (tertiary/aromatic N) is 2. The van der Waals surface area contributed by atoms with Gasteiger partial charge < -0.3 is 15.7 Å². The monoisotopic (exact) mass is 328 g/mol. The Kier molecular flexibility index (Phi) is 4.99. The lowest BCUT2D eigenvalue weighted by molar-refractivity contribution is 0.213. The molecule has 1 heterocycles. The van der Waals surface area contributed by atoms with Gasteiger partial charge in [-0.25, -0.2) is 4.98 Å². The number of aromatic nitrogens is 2. The molecule has 0 aromatic carbocycles. The molecule has 5 nitrogen and oxygen atoms in total. The SMILES string of the molecule is CCCNc1ncc(Br)c(NC2(CO)CCCC2)n1. The molecule has 1 saturated carbocycles. The van der Waals surface area contributed by atoms with E-state index in [2.05, 4.69) is 43.5 Å². The minimum Gasteiger partial charge on any atom is -0.394 e. The van der Waals surface area contributed by atoms with Crippen molar-refractivity contribution in [3.8, 4) is 0 Å². The second kappa shape index (κ2) is 6.52. The summed E-state index contributed by atoms with van der Waals surface area (Å²) in [5.41, 5.74) is -0.223. The van der Waals surface area contributed by atoms with E-state index < -0.39 is 0 Å². The number of nitrogens with one attached hydrogen (secondary N) is 2. The lowest BCUT2D eigenvalue weighted by atomic mass is 9.99. The number of hydrogen-bond acceptors (Lipinski definition) is 5. The summed E-state index contributed by atoms with van der Waals surface area (Å²) in [6.07, 6.45) is 7.04. The predicted molar refractivity (Wildman–Crippen MR) is 80.4 cm³/mol. The van der Waals surface area contributed by atoms with E-state index in [1.54, 1.807) is 6.20 Å². The molecule has 1 aliphatic rings. The molecule has 0 spiro atoms. The molecule has 1 fully saturated rings. The minimum atomic E-state index is -0.223. The number of halogens is 1.